The topological polar surface area (TPSA) is 98.0 Å². The molecule has 2 rings (SSSR count). The minimum atomic E-state index is -4.18. The largest absolute Gasteiger partial charge is 0.399 e. The fourth-order valence-electron chi connectivity index (χ4n) is 1.33. The van der Waals surface area contributed by atoms with E-state index in [2.05, 4.69) is 14.9 Å². The Kier molecular flexibility index (Phi) is 3.54. The molecular formula is C10H8ClFN4O2S. The smallest absolute Gasteiger partial charge is 0.266 e. The number of benzene rings is 1. The molecule has 0 unspecified atom stereocenters. The SMILES string of the molecule is Nc1cc(Cl)c(F)c(S(=O)(=O)Nc2cccnn2)c1. The maximum atomic E-state index is 13.7. The van der Waals surface area contributed by atoms with Gasteiger partial charge in [0.25, 0.3) is 10.0 Å². The van der Waals surface area contributed by atoms with E-state index in [9.17, 15) is 12.8 Å². The normalized spacial score (nSPS) is 11.3. The summed E-state index contributed by atoms with van der Waals surface area (Å²) in [6, 6.07) is 4.95. The lowest BCUT2D eigenvalue weighted by Gasteiger charge is -2.09. The van der Waals surface area contributed by atoms with E-state index in [-0.39, 0.29) is 16.5 Å². The van der Waals surface area contributed by atoms with Crippen LogP contribution in [0.2, 0.25) is 5.02 Å². The summed E-state index contributed by atoms with van der Waals surface area (Å²) in [6.07, 6.45) is 1.37. The maximum absolute atomic E-state index is 13.7. The van der Waals surface area contributed by atoms with Crippen LogP contribution in [0, 0.1) is 5.82 Å². The average molecular weight is 303 g/mol. The summed E-state index contributed by atoms with van der Waals surface area (Å²) in [5.74, 6) is -1.12. The van der Waals surface area contributed by atoms with Crippen LogP contribution in [-0.4, -0.2) is 18.6 Å². The molecule has 1 aromatic carbocycles. The first-order valence-corrected chi connectivity index (χ1v) is 6.81. The molecular weight excluding hydrogens is 295 g/mol. The van der Waals surface area contributed by atoms with Crippen LogP contribution in [0.5, 0.6) is 0 Å². The number of aromatic nitrogens is 2. The van der Waals surface area contributed by atoms with Crippen LogP contribution in [-0.2, 0) is 10.0 Å². The molecule has 0 aliphatic heterocycles. The van der Waals surface area contributed by atoms with Crippen LogP contribution >= 0.6 is 11.6 Å². The lowest BCUT2D eigenvalue weighted by molar-refractivity contribution is 0.570. The molecule has 0 amide bonds. The number of anilines is 2. The minimum absolute atomic E-state index is 0.0333. The first kappa shape index (κ1) is 13.5. The van der Waals surface area contributed by atoms with Gasteiger partial charge < -0.3 is 5.73 Å². The van der Waals surface area contributed by atoms with Gasteiger partial charge in [-0.25, -0.2) is 12.8 Å². The van der Waals surface area contributed by atoms with Gasteiger partial charge in [-0.05, 0) is 24.3 Å². The maximum Gasteiger partial charge on any atom is 0.266 e. The second-order valence-electron chi connectivity index (χ2n) is 3.53. The monoisotopic (exact) mass is 302 g/mol. The van der Waals surface area contributed by atoms with Crippen LogP contribution in [0.3, 0.4) is 0 Å². The lowest BCUT2D eigenvalue weighted by atomic mass is 10.3. The van der Waals surface area contributed by atoms with Crippen LogP contribution in [0.1, 0.15) is 0 Å². The Morgan fingerprint density at radius 3 is 2.74 bits per heavy atom. The molecule has 19 heavy (non-hydrogen) atoms. The molecule has 100 valence electrons. The van der Waals surface area contributed by atoms with Crippen molar-refractivity contribution < 1.29 is 12.8 Å². The third-order valence-corrected chi connectivity index (χ3v) is 3.75. The van der Waals surface area contributed by atoms with Crippen LogP contribution in [0.25, 0.3) is 0 Å². The zero-order valence-electron chi connectivity index (χ0n) is 9.34. The molecule has 1 heterocycles. The summed E-state index contributed by atoms with van der Waals surface area (Å²) in [5.41, 5.74) is 5.48. The fourth-order valence-corrected chi connectivity index (χ4v) is 2.74. The Hall–Kier alpha value is -1.93. The molecule has 9 heteroatoms. The van der Waals surface area contributed by atoms with Crippen molar-refractivity contribution in [1.82, 2.24) is 10.2 Å². The van der Waals surface area contributed by atoms with E-state index in [0.29, 0.717) is 0 Å². The number of hydrogen-bond donors (Lipinski definition) is 2. The Morgan fingerprint density at radius 2 is 2.11 bits per heavy atom. The van der Waals surface area contributed by atoms with Gasteiger partial charge in [0.1, 0.15) is 4.90 Å². The summed E-state index contributed by atoms with van der Waals surface area (Å²) in [5, 5.41) is 6.66. The predicted molar refractivity (Wildman–Crippen MR) is 68.7 cm³/mol. The number of halogens is 2. The van der Waals surface area contributed by atoms with E-state index in [1.54, 1.807) is 0 Å². The van der Waals surface area contributed by atoms with Gasteiger partial charge in [0.15, 0.2) is 11.6 Å². The highest BCUT2D eigenvalue weighted by molar-refractivity contribution is 7.92. The van der Waals surface area contributed by atoms with Crippen molar-refractivity contribution in [2.45, 2.75) is 4.90 Å². The van der Waals surface area contributed by atoms with Gasteiger partial charge in [0.2, 0.25) is 0 Å². The predicted octanol–water partition coefficient (Wildman–Crippen LogP) is 1.65. The summed E-state index contributed by atoms with van der Waals surface area (Å²) >= 11 is 5.55. The number of rotatable bonds is 3. The quantitative estimate of drug-likeness (QED) is 0.840. The Labute approximate surface area is 113 Å². The van der Waals surface area contributed by atoms with E-state index in [0.717, 1.165) is 12.1 Å². The van der Waals surface area contributed by atoms with Gasteiger partial charge in [-0.3, -0.25) is 4.72 Å². The molecule has 0 radical (unpaired) electrons. The van der Waals surface area contributed by atoms with Crippen molar-refractivity contribution in [3.8, 4) is 0 Å². The number of nitrogens with one attached hydrogen (secondary N) is 1. The summed E-state index contributed by atoms with van der Waals surface area (Å²) < 4.78 is 39.8. The van der Waals surface area contributed by atoms with Gasteiger partial charge >= 0.3 is 0 Å². The van der Waals surface area contributed by atoms with Crippen molar-refractivity contribution in [1.29, 1.82) is 0 Å². The molecule has 0 aliphatic rings. The molecule has 0 bridgehead atoms. The van der Waals surface area contributed by atoms with Crippen LogP contribution in [0.15, 0.2) is 35.4 Å². The molecule has 0 aliphatic carbocycles. The van der Waals surface area contributed by atoms with Crippen molar-refractivity contribution in [3.63, 3.8) is 0 Å². The highest BCUT2D eigenvalue weighted by Gasteiger charge is 2.22. The van der Waals surface area contributed by atoms with Crippen molar-refractivity contribution in [2.75, 3.05) is 10.5 Å². The molecule has 1 aromatic heterocycles. The number of nitrogen functional groups attached to an aromatic ring is 1. The van der Waals surface area contributed by atoms with E-state index >= 15 is 0 Å². The standard InChI is InChI=1S/C10H8ClFN4O2S/c11-7-4-6(13)5-8(10(7)12)19(17,18)16-9-2-1-3-14-15-9/h1-5H,13H2,(H,15,16). The highest BCUT2D eigenvalue weighted by atomic mass is 35.5. The van der Waals surface area contributed by atoms with Crippen LogP contribution in [0.4, 0.5) is 15.9 Å². The number of hydrogen-bond acceptors (Lipinski definition) is 5. The number of nitrogens with two attached hydrogens (primary N) is 1. The van der Waals surface area contributed by atoms with Gasteiger partial charge in [-0.15, -0.1) is 5.10 Å². The van der Waals surface area contributed by atoms with Crippen molar-refractivity contribution in [3.05, 3.63) is 41.3 Å². The molecule has 2 aromatic rings. The van der Waals surface area contributed by atoms with Gasteiger partial charge in [-0.2, -0.15) is 5.10 Å². The minimum Gasteiger partial charge on any atom is -0.399 e. The molecule has 0 saturated heterocycles. The molecule has 0 spiro atoms. The summed E-state index contributed by atoms with van der Waals surface area (Å²) in [6.45, 7) is 0. The first-order chi connectivity index (χ1) is 8.90. The summed E-state index contributed by atoms with van der Waals surface area (Å²) in [4.78, 5) is -0.650. The van der Waals surface area contributed by atoms with E-state index in [1.165, 1.54) is 18.3 Å². The third kappa shape index (κ3) is 2.91. The van der Waals surface area contributed by atoms with E-state index < -0.39 is 20.7 Å². The third-order valence-electron chi connectivity index (χ3n) is 2.12. The Balaban J connectivity index is 2.46. The fraction of sp³-hybridized carbons (Fsp3) is 0. The van der Waals surface area contributed by atoms with E-state index in [4.69, 9.17) is 17.3 Å². The Morgan fingerprint density at radius 1 is 1.37 bits per heavy atom. The molecule has 6 nitrogen and oxygen atoms in total. The Bertz CT molecular complexity index is 709. The van der Waals surface area contributed by atoms with Crippen molar-refractivity contribution >= 4 is 33.1 Å². The number of sulfonamides is 1. The molecule has 0 saturated carbocycles. The lowest BCUT2D eigenvalue weighted by Crippen LogP contribution is -2.16. The first-order valence-electron chi connectivity index (χ1n) is 4.95. The van der Waals surface area contributed by atoms with Crippen LogP contribution < -0.4 is 10.5 Å². The van der Waals surface area contributed by atoms with Gasteiger partial charge in [-0.1, -0.05) is 11.6 Å². The molecule has 3 N–H and O–H groups in total. The second-order valence-corrected chi connectivity index (χ2v) is 5.59. The average Bonchev–Trinajstić information content (AvgIpc) is 2.34. The van der Waals surface area contributed by atoms with Gasteiger partial charge in [0, 0.05) is 11.9 Å². The van der Waals surface area contributed by atoms with E-state index in [1.807, 2.05) is 0 Å². The zero-order chi connectivity index (χ0) is 14.0. The van der Waals surface area contributed by atoms with Gasteiger partial charge in [0.05, 0.1) is 5.02 Å². The molecule has 0 fully saturated rings. The highest BCUT2D eigenvalue weighted by Crippen LogP contribution is 2.26. The zero-order valence-corrected chi connectivity index (χ0v) is 10.9. The molecule has 0 atom stereocenters. The summed E-state index contributed by atoms with van der Waals surface area (Å²) in [7, 11) is -4.18. The van der Waals surface area contributed by atoms with Crippen molar-refractivity contribution in [2.24, 2.45) is 0 Å². The second kappa shape index (κ2) is 4.98. The number of nitrogens with zero attached hydrogens (tertiary/aromatic N) is 2.